The number of nitrogens with zero attached hydrogens (tertiary/aromatic N) is 6. The molecule has 0 spiro atoms. The first-order chi connectivity index (χ1) is 12.3. The molecule has 1 aliphatic rings. The predicted octanol–water partition coefficient (Wildman–Crippen LogP) is 2.34. The van der Waals surface area contributed by atoms with Gasteiger partial charge in [-0.1, -0.05) is 5.21 Å². The standard InChI is InChI=1S/C18H22N6O/c1-2-24-17-8-7-14(12-16(17)20-21-24)18(25)23-11-4-3-6-15(23)13-22-10-5-9-19-22/h5,7-10,12,15H,2-4,6,11,13H2,1H3/t15-/m0/s1. The third-order valence-corrected chi connectivity index (χ3v) is 4.91. The lowest BCUT2D eigenvalue weighted by molar-refractivity contribution is 0.0584. The molecule has 0 radical (unpaired) electrons. The molecule has 7 nitrogen and oxygen atoms in total. The zero-order valence-electron chi connectivity index (χ0n) is 14.4. The molecule has 4 rings (SSSR count). The molecule has 1 amide bonds. The van der Waals surface area contributed by atoms with E-state index in [1.807, 2.05) is 51.6 Å². The molecule has 3 heterocycles. The van der Waals surface area contributed by atoms with Gasteiger partial charge in [0.25, 0.3) is 5.91 Å². The summed E-state index contributed by atoms with van der Waals surface area (Å²) in [6, 6.07) is 7.79. The minimum atomic E-state index is 0.0739. The molecule has 0 aliphatic carbocycles. The summed E-state index contributed by atoms with van der Waals surface area (Å²) in [5.74, 6) is 0.0739. The number of rotatable bonds is 4. The Labute approximate surface area is 146 Å². The second-order valence-electron chi connectivity index (χ2n) is 6.48. The molecule has 2 aromatic heterocycles. The zero-order valence-corrected chi connectivity index (χ0v) is 14.4. The SMILES string of the molecule is CCn1nnc2cc(C(=O)N3CCCC[C@H]3Cn3cccn3)ccc21. The molecular formula is C18H22N6O. The van der Waals surface area contributed by atoms with Crippen molar-refractivity contribution in [1.82, 2.24) is 29.7 Å². The van der Waals surface area contributed by atoms with Gasteiger partial charge >= 0.3 is 0 Å². The molecule has 130 valence electrons. The molecule has 0 unspecified atom stereocenters. The van der Waals surface area contributed by atoms with Gasteiger partial charge in [-0.25, -0.2) is 4.68 Å². The summed E-state index contributed by atoms with van der Waals surface area (Å²) in [4.78, 5) is 15.1. The number of benzene rings is 1. The second-order valence-corrected chi connectivity index (χ2v) is 6.48. The summed E-state index contributed by atoms with van der Waals surface area (Å²) in [5.41, 5.74) is 2.42. The van der Waals surface area contributed by atoms with Crippen molar-refractivity contribution in [2.75, 3.05) is 6.54 Å². The van der Waals surface area contributed by atoms with Crippen LogP contribution in [0.2, 0.25) is 0 Å². The topological polar surface area (TPSA) is 68.8 Å². The van der Waals surface area contributed by atoms with Crippen LogP contribution < -0.4 is 0 Å². The van der Waals surface area contributed by atoms with E-state index in [-0.39, 0.29) is 11.9 Å². The van der Waals surface area contributed by atoms with Crippen molar-refractivity contribution in [2.45, 2.75) is 45.3 Å². The fourth-order valence-electron chi connectivity index (χ4n) is 3.59. The fourth-order valence-corrected chi connectivity index (χ4v) is 3.59. The van der Waals surface area contributed by atoms with E-state index in [4.69, 9.17) is 0 Å². The van der Waals surface area contributed by atoms with Crippen molar-refractivity contribution in [3.8, 4) is 0 Å². The van der Waals surface area contributed by atoms with Crippen LogP contribution in [0.1, 0.15) is 36.5 Å². The van der Waals surface area contributed by atoms with E-state index < -0.39 is 0 Å². The highest BCUT2D eigenvalue weighted by Crippen LogP contribution is 2.22. The maximum Gasteiger partial charge on any atom is 0.254 e. The van der Waals surface area contributed by atoms with E-state index in [0.717, 1.165) is 49.9 Å². The average Bonchev–Trinajstić information content (AvgIpc) is 3.30. The van der Waals surface area contributed by atoms with Crippen LogP contribution in [0.15, 0.2) is 36.7 Å². The Kier molecular flexibility index (Phi) is 4.21. The van der Waals surface area contributed by atoms with Crippen LogP contribution in [-0.2, 0) is 13.1 Å². The minimum absolute atomic E-state index is 0.0739. The highest BCUT2D eigenvalue weighted by Gasteiger charge is 2.28. The Morgan fingerprint density at radius 1 is 1.32 bits per heavy atom. The largest absolute Gasteiger partial charge is 0.334 e. The van der Waals surface area contributed by atoms with Crippen LogP contribution in [0, 0.1) is 0 Å². The maximum absolute atomic E-state index is 13.1. The lowest BCUT2D eigenvalue weighted by atomic mass is 10.0. The molecule has 7 heteroatoms. The van der Waals surface area contributed by atoms with Crippen molar-refractivity contribution in [1.29, 1.82) is 0 Å². The molecule has 1 saturated heterocycles. The van der Waals surface area contributed by atoms with Crippen LogP contribution in [0.4, 0.5) is 0 Å². The lowest BCUT2D eigenvalue weighted by Gasteiger charge is -2.35. The van der Waals surface area contributed by atoms with Gasteiger partial charge in [-0.15, -0.1) is 5.10 Å². The van der Waals surface area contributed by atoms with Gasteiger partial charge in [0, 0.05) is 31.0 Å². The summed E-state index contributed by atoms with van der Waals surface area (Å²) >= 11 is 0. The van der Waals surface area contributed by atoms with Gasteiger partial charge in [0.15, 0.2) is 0 Å². The van der Waals surface area contributed by atoms with Crippen LogP contribution >= 0.6 is 0 Å². The van der Waals surface area contributed by atoms with E-state index in [0.29, 0.717) is 5.56 Å². The Hall–Kier alpha value is -2.70. The number of carbonyl (C=O) groups excluding carboxylic acids is 1. The number of fused-ring (bicyclic) bond motifs is 1. The summed E-state index contributed by atoms with van der Waals surface area (Å²) in [7, 11) is 0. The van der Waals surface area contributed by atoms with Gasteiger partial charge in [-0.3, -0.25) is 9.48 Å². The molecular weight excluding hydrogens is 316 g/mol. The third kappa shape index (κ3) is 3.01. The quantitative estimate of drug-likeness (QED) is 0.732. The van der Waals surface area contributed by atoms with E-state index in [1.165, 1.54) is 0 Å². The van der Waals surface area contributed by atoms with Crippen molar-refractivity contribution >= 4 is 16.9 Å². The Morgan fingerprint density at radius 3 is 3.04 bits per heavy atom. The highest BCUT2D eigenvalue weighted by atomic mass is 16.2. The number of hydrogen-bond donors (Lipinski definition) is 0. The monoisotopic (exact) mass is 338 g/mol. The smallest absolute Gasteiger partial charge is 0.254 e. The molecule has 25 heavy (non-hydrogen) atoms. The van der Waals surface area contributed by atoms with Gasteiger partial charge in [0.05, 0.1) is 18.1 Å². The molecule has 0 bridgehead atoms. The molecule has 3 aromatic rings. The van der Waals surface area contributed by atoms with Crippen molar-refractivity contribution in [2.24, 2.45) is 0 Å². The maximum atomic E-state index is 13.1. The second kappa shape index (κ2) is 6.66. The number of amides is 1. The Morgan fingerprint density at radius 2 is 2.24 bits per heavy atom. The predicted molar refractivity (Wildman–Crippen MR) is 94.1 cm³/mol. The van der Waals surface area contributed by atoms with Crippen molar-refractivity contribution < 1.29 is 4.79 Å². The minimum Gasteiger partial charge on any atom is -0.334 e. The first kappa shape index (κ1) is 15.8. The van der Waals surface area contributed by atoms with Crippen molar-refractivity contribution in [3.05, 3.63) is 42.2 Å². The van der Waals surface area contributed by atoms with E-state index in [2.05, 4.69) is 15.4 Å². The number of carbonyl (C=O) groups is 1. The highest BCUT2D eigenvalue weighted by molar-refractivity contribution is 5.97. The summed E-state index contributed by atoms with van der Waals surface area (Å²) < 4.78 is 3.75. The molecule has 0 N–H and O–H groups in total. The number of hydrogen-bond acceptors (Lipinski definition) is 4. The summed E-state index contributed by atoms with van der Waals surface area (Å²) in [6.45, 7) is 4.33. The first-order valence-corrected chi connectivity index (χ1v) is 8.88. The molecule has 1 aromatic carbocycles. The molecule has 1 aliphatic heterocycles. The Balaban J connectivity index is 1.59. The van der Waals surface area contributed by atoms with Crippen LogP contribution in [0.5, 0.6) is 0 Å². The number of aromatic nitrogens is 5. The van der Waals surface area contributed by atoms with Crippen molar-refractivity contribution in [3.63, 3.8) is 0 Å². The summed E-state index contributed by atoms with van der Waals surface area (Å²) in [6.07, 6.45) is 6.95. The fraction of sp³-hybridized carbons (Fsp3) is 0.444. The van der Waals surface area contributed by atoms with Crippen LogP contribution in [0.3, 0.4) is 0 Å². The molecule has 1 fully saturated rings. The molecule has 0 saturated carbocycles. The summed E-state index contributed by atoms with van der Waals surface area (Å²) in [5, 5.41) is 12.6. The normalized spacial score (nSPS) is 18.0. The van der Waals surface area contributed by atoms with E-state index in [9.17, 15) is 4.79 Å². The van der Waals surface area contributed by atoms with E-state index in [1.54, 1.807) is 6.20 Å². The number of likely N-dealkylation sites (tertiary alicyclic amines) is 1. The zero-order chi connectivity index (χ0) is 17.2. The van der Waals surface area contributed by atoms with Crippen LogP contribution in [-0.4, -0.2) is 48.2 Å². The van der Waals surface area contributed by atoms with Gasteiger partial charge in [0.2, 0.25) is 0 Å². The van der Waals surface area contributed by atoms with Crippen LogP contribution in [0.25, 0.3) is 11.0 Å². The number of piperidine rings is 1. The van der Waals surface area contributed by atoms with Gasteiger partial charge in [-0.05, 0) is 50.5 Å². The first-order valence-electron chi connectivity index (χ1n) is 8.88. The van der Waals surface area contributed by atoms with Gasteiger partial charge < -0.3 is 4.90 Å². The van der Waals surface area contributed by atoms with E-state index >= 15 is 0 Å². The molecule has 1 atom stereocenters. The Bertz CT molecular complexity index is 869. The van der Waals surface area contributed by atoms with Gasteiger partial charge in [-0.2, -0.15) is 5.10 Å². The lowest BCUT2D eigenvalue weighted by Crippen LogP contribution is -2.45. The van der Waals surface area contributed by atoms with Gasteiger partial charge in [0.1, 0.15) is 5.52 Å². The average molecular weight is 338 g/mol. The third-order valence-electron chi connectivity index (χ3n) is 4.91. The number of aryl methyl sites for hydroxylation is 1.